The Labute approximate surface area is 173 Å². The van der Waals surface area contributed by atoms with Crippen molar-refractivity contribution in [3.05, 3.63) is 57.7 Å². The maximum atomic E-state index is 12.9. The fourth-order valence-corrected chi connectivity index (χ4v) is 3.90. The molecule has 0 atom stereocenters. The second-order valence-electron chi connectivity index (χ2n) is 6.36. The molecular formula is C20H21N5OS2. The van der Waals surface area contributed by atoms with Crippen molar-refractivity contribution < 1.29 is 4.79 Å². The number of hydrogen-bond acceptors (Lipinski definition) is 5. The zero-order chi connectivity index (χ0) is 19.9. The number of amides is 1. The third-order valence-electron chi connectivity index (χ3n) is 4.35. The molecule has 1 aromatic carbocycles. The molecule has 0 fully saturated rings. The fourth-order valence-electron chi connectivity index (χ4n) is 2.95. The van der Waals surface area contributed by atoms with Gasteiger partial charge in [-0.2, -0.15) is 10.4 Å². The summed E-state index contributed by atoms with van der Waals surface area (Å²) in [5, 5.41) is 18.0. The molecule has 1 N–H and O–H groups in total. The Bertz CT molecular complexity index is 1010. The van der Waals surface area contributed by atoms with Crippen LogP contribution in [0.3, 0.4) is 0 Å². The molecule has 0 saturated heterocycles. The smallest absolute Gasteiger partial charge is 0.224 e. The van der Waals surface area contributed by atoms with E-state index in [1.54, 1.807) is 23.5 Å². The van der Waals surface area contributed by atoms with Crippen molar-refractivity contribution in [2.45, 2.75) is 32.9 Å². The number of nitriles is 1. The number of hydrogen-bond donors (Lipinski definition) is 1. The van der Waals surface area contributed by atoms with Gasteiger partial charge in [0.2, 0.25) is 5.91 Å². The van der Waals surface area contributed by atoms with Gasteiger partial charge in [-0.1, -0.05) is 25.1 Å². The van der Waals surface area contributed by atoms with Crippen molar-refractivity contribution in [1.29, 1.82) is 5.26 Å². The molecule has 2 heterocycles. The van der Waals surface area contributed by atoms with Crippen molar-refractivity contribution in [3.63, 3.8) is 0 Å². The first-order valence-electron chi connectivity index (χ1n) is 9.08. The Morgan fingerprint density at radius 2 is 2.14 bits per heavy atom. The number of nitrogens with one attached hydrogen (secondary N) is 1. The Morgan fingerprint density at radius 1 is 1.36 bits per heavy atom. The Morgan fingerprint density at radius 3 is 2.79 bits per heavy atom. The van der Waals surface area contributed by atoms with Gasteiger partial charge in [-0.3, -0.25) is 14.5 Å². The molecule has 1 amide bonds. The standard InChI is InChI=1S/C20H21N5OS2/c1-2-10-24(14-16-7-5-15(13-21)6-8-16)18(26)9-11-25-19(22-23-20(25)27)17-4-3-12-28-17/h3-8,12H,2,9-11,14H2,1H3,(H,23,27). The molecule has 0 aliphatic carbocycles. The maximum Gasteiger partial charge on any atom is 0.224 e. The molecule has 0 radical (unpaired) electrons. The highest BCUT2D eigenvalue weighted by molar-refractivity contribution is 7.71. The first kappa shape index (κ1) is 20.0. The van der Waals surface area contributed by atoms with Crippen LogP contribution in [0.25, 0.3) is 10.7 Å². The lowest BCUT2D eigenvalue weighted by Gasteiger charge is -2.22. The van der Waals surface area contributed by atoms with E-state index in [2.05, 4.69) is 23.2 Å². The Kier molecular flexibility index (Phi) is 6.74. The quantitative estimate of drug-likeness (QED) is 0.558. The zero-order valence-electron chi connectivity index (χ0n) is 15.6. The molecular weight excluding hydrogens is 390 g/mol. The van der Waals surface area contributed by atoms with Crippen LogP contribution >= 0.6 is 23.6 Å². The second-order valence-corrected chi connectivity index (χ2v) is 7.69. The first-order chi connectivity index (χ1) is 13.6. The van der Waals surface area contributed by atoms with E-state index in [0.29, 0.717) is 36.4 Å². The minimum atomic E-state index is 0.0754. The van der Waals surface area contributed by atoms with Crippen LogP contribution in [0.5, 0.6) is 0 Å². The van der Waals surface area contributed by atoms with Crippen LogP contribution in [0.15, 0.2) is 41.8 Å². The lowest BCUT2D eigenvalue weighted by Crippen LogP contribution is -2.32. The summed E-state index contributed by atoms with van der Waals surface area (Å²) in [6, 6.07) is 13.4. The number of H-pyrrole nitrogens is 1. The molecule has 8 heteroatoms. The van der Waals surface area contributed by atoms with Crippen molar-refractivity contribution in [2.75, 3.05) is 6.54 Å². The van der Waals surface area contributed by atoms with Gasteiger partial charge in [0.1, 0.15) is 0 Å². The van der Waals surface area contributed by atoms with E-state index in [0.717, 1.165) is 22.7 Å². The fraction of sp³-hybridized carbons (Fsp3) is 0.300. The zero-order valence-corrected chi connectivity index (χ0v) is 17.2. The predicted molar refractivity (Wildman–Crippen MR) is 112 cm³/mol. The van der Waals surface area contributed by atoms with Crippen LogP contribution in [-0.4, -0.2) is 32.1 Å². The van der Waals surface area contributed by atoms with Gasteiger partial charge in [-0.25, -0.2) is 0 Å². The van der Waals surface area contributed by atoms with Crippen LogP contribution in [-0.2, 0) is 17.9 Å². The normalized spacial score (nSPS) is 10.6. The highest BCUT2D eigenvalue weighted by Crippen LogP contribution is 2.23. The lowest BCUT2D eigenvalue weighted by atomic mass is 10.1. The molecule has 0 aliphatic rings. The van der Waals surface area contributed by atoms with Gasteiger partial charge < -0.3 is 4.90 Å². The number of aromatic amines is 1. The highest BCUT2D eigenvalue weighted by Gasteiger charge is 2.16. The lowest BCUT2D eigenvalue weighted by molar-refractivity contribution is -0.132. The minimum Gasteiger partial charge on any atom is -0.338 e. The SMILES string of the molecule is CCCN(Cc1ccc(C#N)cc1)C(=O)CCn1c(-c2cccs2)n[nH]c1=S. The molecule has 0 aliphatic heterocycles. The molecule has 3 aromatic rings. The number of aromatic nitrogens is 3. The predicted octanol–water partition coefficient (Wildman–Crippen LogP) is 4.37. The van der Waals surface area contributed by atoms with Gasteiger partial charge in [-0.15, -0.1) is 11.3 Å². The van der Waals surface area contributed by atoms with Crippen LogP contribution < -0.4 is 0 Å². The molecule has 2 aromatic heterocycles. The summed E-state index contributed by atoms with van der Waals surface area (Å²) in [5.41, 5.74) is 1.63. The van der Waals surface area contributed by atoms with Gasteiger partial charge in [0.05, 0.1) is 16.5 Å². The monoisotopic (exact) mass is 411 g/mol. The number of carbonyl (C=O) groups excluding carboxylic acids is 1. The number of nitrogens with zero attached hydrogens (tertiary/aromatic N) is 4. The average molecular weight is 412 g/mol. The van der Waals surface area contributed by atoms with E-state index in [1.165, 1.54) is 0 Å². The van der Waals surface area contributed by atoms with Gasteiger partial charge in [0, 0.05) is 26.1 Å². The molecule has 0 unspecified atom stereocenters. The molecule has 0 bridgehead atoms. The number of thiophene rings is 1. The third kappa shape index (κ3) is 4.74. The topological polar surface area (TPSA) is 77.7 Å². The van der Waals surface area contributed by atoms with Crippen molar-refractivity contribution in [1.82, 2.24) is 19.7 Å². The van der Waals surface area contributed by atoms with E-state index in [4.69, 9.17) is 17.5 Å². The van der Waals surface area contributed by atoms with Crippen LogP contribution in [0.2, 0.25) is 0 Å². The molecule has 0 saturated carbocycles. The van der Waals surface area contributed by atoms with Gasteiger partial charge >= 0.3 is 0 Å². The summed E-state index contributed by atoms with van der Waals surface area (Å²) in [7, 11) is 0. The van der Waals surface area contributed by atoms with E-state index >= 15 is 0 Å². The summed E-state index contributed by atoms with van der Waals surface area (Å²) in [6.07, 6.45) is 1.23. The molecule has 144 valence electrons. The van der Waals surface area contributed by atoms with E-state index in [1.807, 2.05) is 39.1 Å². The maximum absolute atomic E-state index is 12.9. The first-order valence-corrected chi connectivity index (χ1v) is 10.4. The molecule has 28 heavy (non-hydrogen) atoms. The summed E-state index contributed by atoms with van der Waals surface area (Å²) >= 11 is 6.93. The summed E-state index contributed by atoms with van der Waals surface area (Å²) in [6.45, 7) is 3.76. The average Bonchev–Trinajstić information content (AvgIpc) is 3.36. The van der Waals surface area contributed by atoms with Crippen LogP contribution in [0.1, 0.15) is 30.9 Å². The van der Waals surface area contributed by atoms with E-state index < -0.39 is 0 Å². The molecule has 6 nitrogen and oxygen atoms in total. The highest BCUT2D eigenvalue weighted by atomic mass is 32.1. The molecule has 3 rings (SSSR count). The summed E-state index contributed by atoms with van der Waals surface area (Å²) in [5.74, 6) is 0.841. The van der Waals surface area contributed by atoms with E-state index in [9.17, 15) is 4.79 Å². The van der Waals surface area contributed by atoms with Crippen LogP contribution in [0, 0.1) is 16.1 Å². The second kappa shape index (κ2) is 9.44. The number of rotatable bonds is 8. The van der Waals surface area contributed by atoms with E-state index in [-0.39, 0.29) is 5.91 Å². The van der Waals surface area contributed by atoms with Gasteiger partial charge in [0.25, 0.3) is 0 Å². The third-order valence-corrected chi connectivity index (χ3v) is 5.53. The summed E-state index contributed by atoms with van der Waals surface area (Å²) in [4.78, 5) is 15.7. The van der Waals surface area contributed by atoms with Crippen molar-refractivity contribution >= 4 is 29.5 Å². The van der Waals surface area contributed by atoms with Gasteiger partial charge in [-0.05, 0) is 47.8 Å². The number of benzene rings is 1. The molecule has 0 spiro atoms. The Balaban J connectivity index is 1.69. The summed E-state index contributed by atoms with van der Waals surface area (Å²) < 4.78 is 2.40. The minimum absolute atomic E-state index is 0.0754. The van der Waals surface area contributed by atoms with Crippen molar-refractivity contribution in [2.24, 2.45) is 0 Å². The van der Waals surface area contributed by atoms with Crippen LogP contribution in [0.4, 0.5) is 0 Å². The van der Waals surface area contributed by atoms with Crippen molar-refractivity contribution in [3.8, 4) is 16.8 Å². The Hall–Kier alpha value is -2.76. The number of carbonyl (C=O) groups is 1. The largest absolute Gasteiger partial charge is 0.338 e. The van der Waals surface area contributed by atoms with Gasteiger partial charge in [0.15, 0.2) is 10.6 Å².